The fourth-order valence-corrected chi connectivity index (χ4v) is 1.44. The van der Waals surface area contributed by atoms with Gasteiger partial charge in [-0.05, 0) is 12.8 Å². The first-order valence-electron chi connectivity index (χ1n) is 4.31. The van der Waals surface area contributed by atoms with Crippen molar-refractivity contribution in [1.82, 2.24) is 0 Å². The Hall–Kier alpha value is -0.750. The van der Waals surface area contributed by atoms with Crippen LogP contribution >= 0.6 is 0 Å². The molecule has 88 valence electrons. The SMILES string of the molecule is O=C(C1CCC1)C(C(F)(F)F)C(F)(F)F. The van der Waals surface area contributed by atoms with Crippen molar-refractivity contribution in [1.29, 1.82) is 0 Å². The highest BCUT2D eigenvalue weighted by atomic mass is 19.4. The van der Waals surface area contributed by atoms with Gasteiger partial charge >= 0.3 is 12.4 Å². The van der Waals surface area contributed by atoms with Crippen molar-refractivity contribution in [3.63, 3.8) is 0 Å². The molecule has 1 fully saturated rings. The molecular formula is C8H8F6O. The summed E-state index contributed by atoms with van der Waals surface area (Å²) in [7, 11) is 0. The van der Waals surface area contributed by atoms with Gasteiger partial charge in [0.05, 0.1) is 0 Å². The molecular weight excluding hydrogens is 226 g/mol. The lowest BCUT2D eigenvalue weighted by molar-refractivity contribution is -0.275. The van der Waals surface area contributed by atoms with Crippen LogP contribution in [-0.2, 0) is 4.79 Å². The highest BCUT2D eigenvalue weighted by Crippen LogP contribution is 2.43. The third-order valence-electron chi connectivity index (χ3n) is 2.45. The van der Waals surface area contributed by atoms with Gasteiger partial charge in [0.1, 0.15) is 0 Å². The number of alkyl halides is 6. The summed E-state index contributed by atoms with van der Waals surface area (Å²) >= 11 is 0. The van der Waals surface area contributed by atoms with Crippen LogP contribution < -0.4 is 0 Å². The van der Waals surface area contributed by atoms with Crippen molar-refractivity contribution in [2.45, 2.75) is 31.6 Å². The molecule has 1 rings (SSSR count). The molecule has 0 aromatic rings. The Morgan fingerprint density at radius 2 is 1.40 bits per heavy atom. The predicted octanol–water partition coefficient (Wildman–Crippen LogP) is 3.10. The summed E-state index contributed by atoms with van der Waals surface area (Å²) in [6.07, 6.45) is -10.3. The van der Waals surface area contributed by atoms with Gasteiger partial charge in [-0.15, -0.1) is 0 Å². The fraction of sp³-hybridized carbons (Fsp3) is 0.875. The normalized spacial score (nSPS) is 19.1. The smallest absolute Gasteiger partial charge is 0.298 e. The number of halogens is 6. The number of carbonyl (C=O) groups is 1. The third-order valence-corrected chi connectivity index (χ3v) is 2.45. The largest absolute Gasteiger partial charge is 0.407 e. The zero-order chi connectivity index (χ0) is 11.9. The zero-order valence-corrected chi connectivity index (χ0v) is 7.45. The van der Waals surface area contributed by atoms with Crippen molar-refractivity contribution in [3.8, 4) is 0 Å². The van der Waals surface area contributed by atoms with Crippen molar-refractivity contribution in [2.24, 2.45) is 11.8 Å². The minimum atomic E-state index is -5.54. The van der Waals surface area contributed by atoms with E-state index in [1.807, 2.05) is 0 Å². The molecule has 0 aromatic heterocycles. The molecule has 0 radical (unpaired) electrons. The predicted molar refractivity (Wildman–Crippen MR) is 37.9 cm³/mol. The Morgan fingerprint density at radius 3 is 1.60 bits per heavy atom. The molecule has 0 atom stereocenters. The van der Waals surface area contributed by atoms with Crippen molar-refractivity contribution in [3.05, 3.63) is 0 Å². The lowest BCUT2D eigenvalue weighted by Gasteiger charge is -2.30. The van der Waals surface area contributed by atoms with Gasteiger partial charge in [0.15, 0.2) is 5.78 Å². The molecule has 0 bridgehead atoms. The zero-order valence-electron chi connectivity index (χ0n) is 7.45. The maximum atomic E-state index is 12.0. The summed E-state index contributed by atoms with van der Waals surface area (Å²) in [4.78, 5) is 11.0. The van der Waals surface area contributed by atoms with E-state index in [9.17, 15) is 31.1 Å². The molecule has 0 heterocycles. The van der Waals surface area contributed by atoms with E-state index in [4.69, 9.17) is 0 Å². The van der Waals surface area contributed by atoms with E-state index < -0.39 is 30.0 Å². The van der Waals surface area contributed by atoms with Crippen LogP contribution in [0.1, 0.15) is 19.3 Å². The minimum Gasteiger partial charge on any atom is -0.298 e. The molecule has 0 unspecified atom stereocenters. The van der Waals surface area contributed by atoms with Crippen molar-refractivity contribution in [2.75, 3.05) is 0 Å². The molecule has 1 saturated carbocycles. The number of Topliss-reactive ketones (excluding diaryl/α,β-unsaturated/α-hetero) is 1. The van der Waals surface area contributed by atoms with Gasteiger partial charge in [-0.3, -0.25) is 4.79 Å². The summed E-state index contributed by atoms with van der Waals surface area (Å²) in [6, 6.07) is 0. The molecule has 1 nitrogen and oxygen atoms in total. The number of hydrogen-bond acceptors (Lipinski definition) is 1. The maximum Gasteiger partial charge on any atom is 0.407 e. The van der Waals surface area contributed by atoms with Crippen LogP contribution in [-0.4, -0.2) is 18.1 Å². The van der Waals surface area contributed by atoms with Crippen LogP contribution in [0.5, 0.6) is 0 Å². The minimum absolute atomic E-state index is 0.126. The first-order valence-corrected chi connectivity index (χ1v) is 4.31. The highest BCUT2D eigenvalue weighted by molar-refractivity contribution is 5.85. The number of ketones is 1. The van der Waals surface area contributed by atoms with Gasteiger partial charge in [0.2, 0.25) is 5.92 Å². The second kappa shape index (κ2) is 3.68. The van der Waals surface area contributed by atoms with E-state index in [1.54, 1.807) is 0 Å². The van der Waals surface area contributed by atoms with E-state index in [0.29, 0.717) is 6.42 Å². The molecule has 0 N–H and O–H groups in total. The van der Waals surface area contributed by atoms with Crippen LogP contribution in [0.25, 0.3) is 0 Å². The summed E-state index contributed by atoms with van der Waals surface area (Å²) in [6.45, 7) is 0. The van der Waals surface area contributed by atoms with Crippen LogP contribution in [0.2, 0.25) is 0 Å². The van der Waals surface area contributed by atoms with Gasteiger partial charge < -0.3 is 0 Å². The van der Waals surface area contributed by atoms with E-state index in [-0.39, 0.29) is 12.8 Å². The van der Waals surface area contributed by atoms with E-state index in [1.165, 1.54) is 0 Å². The third kappa shape index (κ3) is 2.63. The lowest BCUT2D eigenvalue weighted by atomic mass is 9.77. The van der Waals surface area contributed by atoms with E-state index in [2.05, 4.69) is 0 Å². The Kier molecular flexibility index (Phi) is 3.02. The Labute approximate surface area is 81.4 Å². The maximum absolute atomic E-state index is 12.0. The lowest BCUT2D eigenvalue weighted by Crippen LogP contribution is -2.46. The molecule has 7 heteroatoms. The van der Waals surface area contributed by atoms with Gasteiger partial charge in [0, 0.05) is 5.92 Å². The number of hydrogen-bond donors (Lipinski definition) is 0. The first-order chi connectivity index (χ1) is 6.64. The highest BCUT2D eigenvalue weighted by Gasteiger charge is 2.61. The summed E-state index contributed by atoms with van der Waals surface area (Å²) in [5, 5.41) is 0. The van der Waals surface area contributed by atoms with Crippen molar-refractivity contribution >= 4 is 5.78 Å². The van der Waals surface area contributed by atoms with Crippen LogP contribution in [0.15, 0.2) is 0 Å². The second-order valence-electron chi connectivity index (χ2n) is 3.55. The molecule has 0 saturated heterocycles. The Bertz CT molecular complexity index is 235. The van der Waals surface area contributed by atoms with Gasteiger partial charge in [-0.2, -0.15) is 26.3 Å². The number of rotatable bonds is 2. The van der Waals surface area contributed by atoms with E-state index >= 15 is 0 Å². The quantitative estimate of drug-likeness (QED) is 0.671. The molecule has 1 aliphatic rings. The Balaban J connectivity index is 2.86. The van der Waals surface area contributed by atoms with Gasteiger partial charge in [0.25, 0.3) is 0 Å². The number of carbonyl (C=O) groups excluding carboxylic acids is 1. The van der Waals surface area contributed by atoms with Crippen molar-refractivity contribution < 1.29 is 31.1 Å². The summed E-state index contributed by atoms with van der Waals surface area (Å²) in [5.74, 6) is -6.62. The van der Waals surface area contributed by atoms with Crippen LogP contribution in [0.3, 0.4) is 0 Å². The second-order valence-corrected chi connectivity index (χ2v) is 3.55. The topological polar surface area (TPSA) is 17.1 Å². The average molecular weight is 234 g/mol. The summed E-state index contributed by atoms with van der Waals surface area (Å²) < 4.78 is 72.3. The molecule has 0 aliphatic heterocycles. The fourth-order valence-electron chi connectivity index (χ4n) is 1.44. The van der Waals surface area contributed by atoms with Crippen LogP contribution in [0, 0.1) is 11.8 Å². The molecule has 1 aliphatic carbocycles. The molecule has 15 heavy (non-hydrogen) atoms. The van der Waals surface area contributed by atoms with Gasteiger partial charge in [-0.1, -0.05) is 6.42 Å². The molecule has 0 spiro atoms. The standard InChI is InChI=1S/C8H8F6O/c9-7(10,11)6(8(12,13)14)5(15)4-2-1-3-4/h4,6H,1-3H2. The molecule has 0 amide bonds. The molecule has 0 aromatic carbocycles. The van der Waals surface area contributed by atoms with Crippen LogP contribution in [0.4, 0.5) is 26.3 Å². The Morgan fingerprint density at radius 1 is 1.00 bits per heavy atom. The first kappa shape index (κ1) is 12.3. The van der Waals surface area contributed by atoms with E-state index in [0.717, 1.165) is 0 Å². The average Bonchev–Trinajstić information content (AvgIpc) is 1.72. The monoisotopic (exact) mass is 234 g/mol. The van der Waals surface area contributed by atoms with Gasteiger partial charge in [-0.25, -0.2) is 0 Å². The summed E-state index contributed by atoms with van der Waals surface area (Å²) in [5.41, 5.74) is 0.